The Bertz CT molecular complexity index is 1170. The molecule has 3 amide bonds. The molecule has 11 nitrogen and oxygen atoms in total. The van der Waals surface area contributed by atoms with E-state index in [2.05, 4.69) is 15.6 Å². The Labute approximate surface area is 221 Å². The maximum Gasteiger partial charge on any atom is 0.305 e. The highest BCUT2D eigenvalue weighted by molar-refractivity contribution is 6.37. The number of likely N-dealkylation sites (tertiary alicyclic amines) is 1. The van der Waals surface area contributed by atoms with Crippen LogP contribution < -0.4 is 10.6 Å². The van der Waals surface area contributed by atoms with Gasteiger partial charge in [-0.25, -0.2) is 0 Å². The minimum atomic E-state index is -1.26. The second-order valence-corrected chi connectivity index (χ2v) is 9.23. The normalized spacial score (nSPS) is 16.5. The monoisotopic (exact) mass is 550 g/mol. The molecule has 0 saturated carbocycles. The van der Waals surface area contributed by atoms with E-state index in [0.29, 0.717) is 24.7 Å². The van der Waals surface area contributed by atoms with Crippen LogP contribution in [0.25, 0.3) is 0 Å². The van der Waals surface area contributed by atoms with Crippen molar-refractivity contribution in [3.05, 3.63) is 57.8 Å². The van der Waals surface area contributed by atoms with Gasteiger partial charge in [-0.1, -0.05) is 29.3 Å². The smallest absolute Gasteiger partial charge is 0.305 e. The molecule has 0 bridgehead atoms. The zero-order valence-corrected chi connectivity index (χ0v) is 20.9. The third-order valence-electron chi connectivity index (χ3n) is 5.77. The standard InChI is InChI=1S/C24H24Cl2N4O7/c25-16-8-14(9-17(26)21(16)34)22(35)29-18(7-13-3-1-5-27-11-13)24(37)30-6-2-4-19(30)23(36)28-15(12-31)10-20(32)33/h1,3,5,8-9,11-12,15,18-19,34H,2,4,6-7,10H2,(H,28,36)(H,29,35)(H,32,33)/t15?,18?,19-/m0/s1. The Morgan fingerprint density at radius 2 is 1.89 bits per heavy atom. The molecule has 1 aliphatic rings. The van der Waals surface area contributed by atoms with Crippen molar-refractivity contribution in [1.29, 1.82) is 0 Å². The first-order valence-corrected chi connectivity index (χ1v) is 12.0. The van der Waals surface area contributed by atoms with E-state index in [9.17, 15) is 29.1 Å². The van der Waals surface area contributed by atoms with Crippen molar-refractivity contribution in [2.24, 2.45) is 0 Å². The summed E-state index contributed by atoms with van der Waals surface area (Å²) in [7, 11) is 0. The van der Waals surface area contributed by atoms with Crippen molar-refractivity contribution in [3.8, 4) is 5.75 Å². The number of carbonyl (C=O) groups is 5. The molecular formula is C24H24Cl2N4O7. The Morgan fingerprint density at radius 1 is 1.19 bits per heavy atom. The number of aromatic nitrogens is 1. The summed E-state index contributed by atoms with van der Waals surface area (Å²) in [6.45, 7) is 0.220. The SMILES string of the molecule is O=CC(CC(=O)O)NC(=O)[C@@H]1CCCN1C(=O)C(Cc1cccnc1)NC(=O)c1cc(Cl)c(O)c(Cl)c1. The number of hydrogen-bond acceptors (Lipinski definition) is 7. The van der Waals surface area contributed by atoms with Gasteiger partial charge in [0, 0.05) is 30.9 Å². The van der Waals surface area contributed by atoms with Gasteiger partial charge in [-0.2, -0.15) is 0 Å². The third-order valence-corrected chi connectivity index (χ3v) is 6.35. The first kappa shape index (κ1) is 27.9. The fraction of sp³-hybridized carbons (Fsp3) is 0.333. The number of nitrogens with zero attached hydrogens (tertiary/aromatic N) is 2. The average Bonchev–Trinajstić information content (AvgIpc) is 3.36. The quantitative estimate of drug-likeness (QED) is 0.323. The van der Waals surface area contributed by atoms with Gasteiger partial charge >= 0.3 is 5.97 Å². The first-order valence-electron chi connectivity index (χ1n) is 11.3. The second-order valence-electron chi connectivity index (χ2n) is 8.42. The molecule has 37 heavy (non-hydrogen) atoms. The molecule has 3 rings (SSSR count). The van der Waals surface area contributed by atoms with Crippen LogP contribution in [-0.4, -0.2) is 74.7 Å². The summed E-state index contributed by atoms with van der Waals surface area (Å²) in [5.74, 6) is -3.54. The molecule has 1 fully saturated rings. The molecule has 13 heteroatoms. The minimum absolute atomic E-state index is 0.00926. The van der Waals surface area contributed by atoms with E-state index in [-0.39, 0.29) is 34.3 Å². The maximum atomic E-state index is 13.6. The summed E-state index contributed by atoms with van der Waals surface area (Å²) >= 11 is 11.9. The van der Waals surface area contributed by atoms with Crippen molar-refractivity contribution in [2.75, 3.05) is 6.54 Å². The van der Waals surface area contributed by atoms with Crippen LogP contribution in [0, 0.1) is 0 Å². The summed E-state index contributed by atoms with van der Waals surface area (Å²) in [6.07, 6.45) is 3.67. The summed E-state index contributed by atoms with van der Waals surface area (Å²) in [5, 5.41) is 23.4. The molecule has 3 atom stereocenters. The van der Waals surface area contributed by atoms with Crippen molar-refractivity contribution >= 4 is 53.2 Å². The number of carboxylic acid groups (broad SMARTS) is 1. The Hall–Kier alpha value is -3.70. The number of amides is 3. The number of nitrogens with one attached hydrogen (secondary N) is 2. The lowest BCUT2D eigenvalue weighted by Crippen LogP contribution is -2.55. The van der Waals surface area contributed by atoms with Gasteiger partial charge in [0.05, 0.1) is 22.5 Å². The van der Waals surface area contributed by atoms with Gasteiger partial charge in [0.25, 0.3) is 5.91 Å². The van der Waals surface area contributed by atoms with Gasteiger partial charge in [-0.15, -0.1) is 0 Å². The number of hydrogen-bond donors (Lipinski definition) is 4. The topological polar surface area (TPSA) is 166 Å². The number of carbonyl (C=O) groups excluding carboxylic acids is 4. The van der Waals surface area contributed by atoms with Crippen molar-refractivity contribution in [1.82, 2.24) is 20.5 Å². The second kappa shape index (κ2) is 12.5. The number of aromatic hydroxyl groups is 1. The van der Waals surface area contributed by atoms with Gasteiger partial charge in [0.1, 0.15) is 18.4 Å². The van der Waals surface area contributed by atoms with E-state index in [0.717, 1.165) is 0 Å². The van der Waals surface area contributed by atoms with E-state index in [1.165, 1.54) is 23.2 Å². The number of aldehydes is 1. The van der Waals surface area contributed by atoms with Crippen LogP contribution in [0.5, 0.6) is 5.75 Å². The Kier molecular flexibility index (Phi) is 9.42. The van der Waals surface area contributed by atoms with E-state index in [1.807, 2.05) is 0 Å². The van der Waals surface area contributed by atoms with E-state index in [1.54, 1.807) is 18.3 Å². The van der Waals surface area contributed by atoms with Crippen LogP contribution in [-0.2, 0) is 25.6 Å². The molecule has 0 spiro atoms. The molecule has 1 aromatic carbocycles. The summed E-state index contributed by atoms with van der Waals surface area (Å²) in [4.78, 5) is 66.9. The average molecular weight is 551 g/mol. The van der Waals surface area contributed by atoms with E-state index < -0.39 is 48.2 Å². The molecular weight excluding hydrogens is 527 g/mol. The zero-order valence-electron chi connectivity index (χ0n) is 19.4. The highest BCUT2D eigenvalue weighted by Crippen LogP contribution is 2.32. The van der Waals surface area contributed by atoms with Gasteiger partial charge in [0.15, 0.2) is 5.75 Å². The number of carboxylic acids is 1. The largest absolute Gasteiger partial charge is 0.505 e. The molecule has 4 N–H and O–H groups in total. The highest BCUT2D eigenvalue weighted by atomic mass is 35.5. The number of halogens is 2. The molecule has 0 radical (unpaired) electrons. The van der Waals surface area contributed by atoms with Gasteiger partial charge in [-0.3, -0.25) is 24.2 Å². The zero-order chi connectivity index (χ0) is 27.1. The van der Waals surface area contributed by atoms with Crippen LogP contribution in [0.4, 0.5) is 0 Å². The van der Waals surface area contributed by atoms with Crippen molar-refractivity contribution in [2.45, 2.75) is 43.8 Å². The Morgan fingerprint density at radius 3 is 2.49 bits per heavy atom. The van der Waals surface area contributed by atoms with Gasteiger partial charge in [0.2, 0.25) is 11.8 Å². The number of phenolic OH excluding ortho intramolecular Hbond substituents is 1. The molecule has 2 heterocycles. The molecule has 1 saturated heterocycles. The summed E-state index contributed by atoms with van der Waals surface area (Å²) in [5.41, 5.74) is 0.653. The molecule has 196 valence electrons. The van der Waals surface area contributed by atoms with E-state index in [4.69, 9.17) is 28.3 Å². The van der Waals surface area contributed by atoms with Crippen molar-refractivity contribution in [3.63, 3.8) is 0 Å². The fourth-order valence-corrected chi connectivity index (χ4v) is 4.48. The maximum absolute atomic E-state index is 13.6. The Balaban J connectivity index is 1.83. The molecule has 2 unspecified atom stereocenters. The van der Waals surface area contributed by atoms with Crippen LogP contribution in [0.15, 0.2) is 36.7 Å². The van der Waals surface area contributed by atoms with Gasteiger partial charge < -0.3 is 30.5 Å². The fourth-order valence-electron chi connectivity index (χ4n) is 4.00. The highest BCUT2D eigenvalue weighted by Gasteiger charge is 2.38. The van der Waals surface area contributed by atoms with Crippen LogP contribution in [0.3, 0.4) is 0 Å². The third kappa shape index (κ3) is 7.17. The van der Waals surface area contributed by atoms with Crippen LogP contribution in [0.1, 0.15) is 35.2 Å². The van der Waals surface area contributed by atoms with Crippen LogP contribution >= 0.6 is 23.2 Å². The lowest BCUT2D eigenvalue weighted by Gasteiger charge is -2.29. The predicted molar refractivity (Wildman–Crippen MR) is 132 cm³/mol. The summed E-state index contributed by atoms with van der Waals surface area (Å²) in [6, 6.07) is 2.51. The molecule has 0 aliphatic carbocycles. The number of phenols is 1. The minimum Gasteiger partial charge on any atom is -0.505 e. The van der Waals surface area contributed by atoms with Gasteiger partial charge in [-0.05, 0) is 36.6 Å². The molecule has 2 aromatic rings. The first-order chi connectivity index (χ1) is 17.6. The summed E-state index contributed by atoms with van der Waals surface area (Å²) < 4.78 is 0. The predicted octanol–water partition coefficient (Wildman–Crippen LogP) is 1.58. The van der Waals surface area contributed by atoms with Crippen LogP contribution in [0.2, 0.25) is 10.0 Å². The lowest BCUT2D eigenvalue weighted by atomic mass is 10.0. The van der Waals surface area contributed by atoms with E-state index >= 15 is 0 Å². The molecule has 1 aromatic heterocycles. The number of rotatable bonds is 10. The lowest BCUT2D eigenvalue weighted by molar-refractivity contribution is -0.142. The number of benzene rings is 1. The number of aliphatic carboxylic acids is 1. The molecule has 1 aliphatic heterocycles. The number of pyridine rings is 1. The van der Waals surface area contributed by atoms with Crippen molar-refractivity contribution < 1.29 is 34.2 Å².